The first kappa shape index (κ1) is 25.0. The fourth-order valence-electron chi connectivity index (χ4n) is 4.47. The Kier molecular flexibility index (Phi) is 7.63. The van der Waals surface area contributed by atoms with Crippen molar-refractivity contribution in [2.75, 3.05) is 42.9 Å². The van der Waals surface area contributed by atoms with Crippen LogP contribution >= 0.6 is 11.3 Å². The molecule has 0 spiro atoms. The Bertz CT molecular complexity index is 1070. The highest BCUT2D eigenvalue weighted by Gasteiger charge is 2.33. The van der Waals surface area contributed by atoms with Gasteiger partial charge in [0.15, 0.2) is 0 Å². The summed E-state index contributed by atoms with van der Waals surface area (Å²) < 4.78 is 40.0. The second kappa shape index (κ2) is 10.7. The minimum absolute atomic E-state index is 0.117. The molecule has 0 radical (unpaired) electrons. The van der Waals surface area contributed by atoms with Crippen LogP contribution in [0.4, 0.5) is 29.3 Å². The number of anilines is 2. The molecule has 35 heavy (non-hydrogen) atoms. The molecule has 2 aromatic rings. The number of rotatable bonds is 6. The van der Waals surface area contributed by atoms with Crippen molar-refractivity contribution in [2.24, 2.45) is 0 Å². The maximum absolute atomic E-state index is 13.3. The number of nitrogens with one attached hydrogen (secondary N) is 3. The van der Waals surface area contributed by atoms with Crippen molar-refractivity contribution in [3.8, 4) is 0 Å². The lowest BCUT2D eigenvalue weighted by Gasteiger charge is -2.29. The number of aromatic nitrogens is 1. The number of benzene rings is 1. The molecule has 0 atom stereocenters. The highest BCUT2D eigenvalue weighted by Crippen LogP contribution is 2.37. The summed E-state index contributed by atoms with van der Waals surface area (Å²) >= 11 is 1.42. The predicted molar refractivity (Wildman–Crippen MR) is 129 cm³/mol. The average Bonchev–Trinajstić information content (AvgIpc) is 3.55. The summed E-state index contributed by atoms with van der Waals surface area (Å²) in [5, 5.41) is 8.09. The molecule has 0 saturated carbocycles. The first-order valence-corrected chi connectivity index (χ1v) is 12.6. The summed E-state index contributed by atoms with van der Waals surface area (Å²) in [6.45, 7) is 6.70. The summed E-state index contributed by atoms with van der Waals surface area (Å²) in [6.07, 6.45) is 0.571. The van der Waals surface area contributed by atoms with Crippen LogP contribution in [-0.4, -0.2) is 49.6 Å². The van der Waals surface area contributed by atoms with Gasteiger partial charge in [0.1, 0.15) is 0 Å². The van der Waals surface area contributed by atoms with Crippen LogP contribution in [0.15, 0.2) is 36.2 Å². The average molecular weight is 509 g/mol. The zero-order valence-electron chi connectivity index (χ0n) is 19.3. The Morgan fingerprint density at radius 2 is 1.89 bits per heavy atom. The van der Waals surface area contributed by atoms with Crippen LogP contribution in [0.1, 0.15) is 52.7 Å². The maximum Gasteiger partial charge on any atom is 0.416 e. The minimum Gasteiger partial charge on any atom is -0.370 e. The van der Waals surface area contributed by atoms with Crippen molar-refractivity contribution >= 4 is 34.6 Å². The van der Waals surface area contributed by atoms with Gasteiger partial charge >= 0.3 is 18.1 Å². The molecule has 0 aliphatic carbocycles. The van der Waals surface area contributed by atoms with E-state index in [1.165, 1.54) is 17.4 Å². The molecule has 0 unspecified atom stereocenters. The summed E-state index contributed by atoms with van der Waals surface area (Å²) in [7, 11) is 0. The van der Waals surface area contributed by atoms with E-state index in [0.29, 0.717) is 31.0 Å². The Morgan fingerprint density at radius 1 is 1.17 bits per heavy atom. The molecule has 0 bridgehead atoms. The molecule has 11 heteroatoms. The summed E-state index contributed by atoms with van der Waals surface area (Å²) in [4.78, 5) is 32.0. The van der Waals surface area contributed by atoms with E-state index in [1.807, 2.05) is 4.90 Å². The third-order valence-electron chi connectivity index (χ3n) is 6.38. The first-order valence-electron chi connectivity index (χ1n) is 11.7. The lowest BCUT2D eigenvalue weighted by molar-refractivity contribution is -0.389. The lowest BCUT2D eigenvalue weighted by atomic mass is 9.98. The molecule has 2 aliphatic rings. The summed E-state index contributed by atoms with van der Waals surface area (Å²) in [5.41, 5.74) is 0.267. The van der Waals surface area contributed by atoms with Crippen LogP contribution in [0.5, 0.6) is 0 Å². The van der Waals surface area contributed by atoms with E-state index in [4.69, 9.17) is 0 Å². The highest BCUT2D eigenvalue weighted by molar-refractivity contribution is 7.09. The Balaban J connectivity index is 1.44. The summed E-state index contributed by atoms with van der Waals surface area (Å²) in [6, 6.07) is 3.38. The number of carbonyl (C=O) groups excluding carboxylic acids is 2. The van der Waals surface area contributed by atoms with E-state index < -0.39 is 17.6 Å². The number of hydrogen-bond donors (Lipinski definition) is 2. The van der Waals surface area contributed by atoms with Gasteiger partial charge in [-0.2, -0.15) is 18.2 Å². The molecule has 7 nitrogen and oxygen atoms in total. The fraction of sp³-hybridized carbons (Fsp3) is 0.458. The quantitative estimate of drug-likeness (QED) is 0.564. The SMILES string of the molecule is C=CCNC(=O)N1CCC(c2[nH+]c(C(=O)Nc3cc(C(F)(F)F)ccc3N3CCCC3)cs2)CC1. The predicted octanol–water partition coefficient (Wildman–Crippen LogP) is 4.51. The number of H-pyrrole nitrogens is 1. The maximum atomic E-state index is 13.3. The van der Waals surface area contributed by atoms with Gasteiger partial charge in [-0.05, 0) is 43.9 Å². The van der Waals surface area contributed by atoms with Gasteiger partial charge in [0, 0.05) is 32.7 Å². The van der Waals surface area contributed by atoms with Crippen molar-refractivity contribution < 1.29 is 27.7 Å². The number of carbonyl (C=O) groups is 2. The minimum atomic E-state index is -4.50. The zero-order valence-corrected chi connectivity index (χ0v) is 20.1. The van der Waals surface area contributed by atoms with Gasteiger partial charge in [0.2, 0.25) is 5.01 Å². The van der Waals surface area contributed by atoms with Crippen LogP contribution in [0.25, 0.3) is 0 Å². The molecule has 3 N–H and O–H groups in total. The first-order chi connectivity index (χ1) is 16.8. The van der Waals surface area contributed by atoms with Gasteiger partial charge in [0.25, 0.3) is 5.69 Å². The summed E-state index contributed by atoms with van der Waals surface area (Å²) in [5.74, 6) is -0.299. The topological polar surface area (TPSA) is 78.8 Å². The van der Waals surface area contributed by atoms with Crippen molar-refractivity contribution in [1.29, 1.82) is 0 Å². The number of urea groups is 1. The molecule has 2 aliphatic heterocycles. The molecule has 2 saturated heterocycles. The Morgan fingerprint density at radius 3 is 2.54 bits per heavy atom. The molecule has 3 heterocycles. The number of hydrogen-bond acceptors (Lipinski definition) is 4. The van der Waals surface area contributed by atoms with E-state index >= 15 is 0 Å². The Labute approximate surface area is 206 Å². The normalized spacial score (nSPS) is 16.9. The number of piperidine rings is 1. The van der Waals surface area contributed by atoms with Crippen LogP contribution in [-0.2, 0) is 6.18 Å². The molecule has 4 rings (SSSR count). The third-order valence-corrected chi connectivity index (χ3v) is 7.42. The van der Waals surface area contributed by atoms with Gasteiger partial charge in [-0.3, -0.25) is 4.79 Å². The molecular formula is C24H29F3N5O2S+. The number of alkyl halides is 3. The number of halogens is 3. The van der Waals surface area contributed by atoms with Gasteiger partial charge in [-0.15, -0.1) is 6.58 Å². The number of nitrogens with zero attached hydrogens (tertiary/aromatic N) is 2. The van der Waals surface area contributed by atoms with Crippen molar-refractivity contribution in [1.82, 2.24) is 10.2 Å². The number of amides is 3. The molecule has 188 valence electrons. The molecule has 1 aromatic heterocycles. The van der Waals surface area contributed by atoms with Crippen molar-refractivity contribution in [3.63, 3.8) is 0 Å². The molecular weight excluding hydrogens is 479 g/mol. The Hall–Kier alpha value is -3.08. The van der Waals surface area contributed by atoms with E-state index in [2.05, 4.69) is 22.2 Å². The zero-order chi connectivity index (χ0) is 25.0. The van der Waals surface area contributed by atoms with E-state index in [-0.39, 0.29) is 17.6 Å². The second-order valence-electron chi connectivity index (χ2n) is 8.75. The largest absolute Gasteiger partial charge is 0.416 e. The van der Waals surface area contributed by atoms with E-state index in [1.54, 1.807) is 16.4 Å². The van der Waals surface area contributed by atoms with Crippen molar-refractivity contribution in [3.05, 3.63) is 52.5 Å². The van der Waals surface area contributed by atoms with Crippen LogP contribution in [0.3, 0.4) is 0 Å². The third kappa shape index (κ3) is 5.95. The molecule has 2 fully saturated rings. The van der Waals surface area contributed by atoms with Crippen LogP contribution in [0, 0.1) is 0 Å². The second-order valence-corrected chi connectivity index (χ2v) is 9.66. The monoisotopic (exact) mass is 508 g/mol. The lowest BCUT2D eigenvalue weighted by Crippen LogP contribution is -2.44. The highest BCUT2D eigenvalue weighted by atomic mass is 32.1. The standard InChI is InChI=1S/C24H28F3N5O2S/c1-2-9-28-23(34)32-12-7-16(8-13-32)22-30-19(15-35-22)21(33)29-18-14-17(24(25,26)27)5-6-20(18)31-10-3-4-11-31/h2,5-6,14-16H,1,3-4,7-13H2,(H,28,34)(H,29,33)/p+1. The van der Waals surface area contributed by atoms with E-state index in [9.17, 15) is 22.8 Å². The van der Waals surface area contributed by atoms with Gasteiger partial charge in [-0.1, -0.05) is 17.4 Å². The van der Waals surface area contributed by atoms with Crippen molar-refractivity contribution in [2.45, 2.75) is 37.8 Å². The number of aromatic amines is 1. The fourth-order valence-corrected chi connectivity index (χ4v) is 5.48. The van der Waals surface area contributed by atoms with Crippen LogP contribution in [0.2, 0.25) is 0 Å². The number of thiazole rings is 1. The smallest absolute Gasteiger partial charge is 0.370 e. The van der Waals surface area contributed by atoms with Gasteiger partial charge in [0.05, 0.1) is 28.2 Å². The molecule has 1 aromatic carbocycles. The molecule has 3 amide bonds. The van der Waals surface area contributed by atoms with Gasteiger partial charge in [-0.25, -0.2) is 4.79 Å². The van der Waals surface area contributed by atoms with Crippen LogP contribution < -0.4 is 20.5 Å². The van der Waals surface area contributed by atoms with E-state index in [0.717, 1.165) is 55.9 Å². The van der Waals surface area contributed by atoms with Gasteiger partial charge < -0.3 is 20.4 Å². The number of likely N-dealkylation sites (tertiary alicyclic amines) is 1.